The molecule has 1 aromatic heterocycles. The third-order valence-corrected chi connectivity index (χ3v) is 3.07. The zero-order valence-electron chi connectivity index (χ0n) is 13.5. The second-order valence-corrected chi connectivity index (χ2v) is 5.21. The fraction of sp³-hybridized carbons (Fsp3) is 0.800. The number of rotatable bonds is 10. The van der Waals surface area contributed by atoms with Crippen molar-refractivity contribution in [3.63, 3.8) is 0 Å². The number of ether oxygens (including phenoxy) is 2. The summed E-state index contributed by atoms with van der Waals surface area (Å²) in [6.07, 6.45) is 4.14. The van der Waals surface area contributed by atoms with Crippen LogP contribution in [0, 0.1) is 0 Å². The summed E-state index contributed by atoms with van der Waals surface area (Å²) in [5.74, 6) is 0.833. The van der Waals surface area contributed by atoms with E-state index in [-0.39, 0.29) is 12.1 Å². The van der Waals surface area contributed by atoms with Crippen LogP contribution in [0.25, 0.3) is 0 Å². The van der Waals surface area contributed by atoms with Crippen molar-refractivity contribution < 1.29 is 9.47 Å². The van der Waals surface area contributed by atoms with Crippen LogP contribution in [-0.2, 0) is 11.3 Å². The van der Waals surface area contributed by atoms with Crippen LogP contribution in [0.15, 0.2) is 6.20 Å². The molecule has 1 heterocycles. The largest absolute Gasteiger partial charge is 0.493 e. The van der Waals surface area contributed by atoms with E-state index in [1.165, 1.54) is 0 Å². The molecule has 0 saturated heterocycles. The summed E-state index contributed by atoms with van der Waals surface area (Å²) in [6.45, 7) is 10.9. The Balaban J connectivity index is 2.93. The SMILES string of the molecule is CCCNC(COC(C)C)c1c(OC)cnn1CCC. The fourth-order valence-electron chi connectivity index (χ4n) is 2.12. The van der Waals surface area contributed by atoms with Crippen molar-refractivity contribution in [2.45, 2.75) is 59.2 Å². The molecule has 5 heteroatoms. The van der Waals surface area contributed by atoms with Crippen molar-refractivity contribution in [3.8, 4) is 5.75 Å². The molecule has 1 atom stereocenters. The summed E-state index contributed by atoms with van der Waals surface area (Å²) < 4.78 is 13.3. The highest BCUT2D eigenvalue weighted by molar-refractivity contribution is 5.28. The van der Waals surface area contributed by atoms with E-state index < -0.39 is 0 Å². The maximum Gasteiger partial charge on any atom is 0.161 e. The minimum Gasteiger partial charge on any atom is -0.493 e. The Morgan fingerprint density at radius 3 is 2.60 bits per heavy atom. The quantitative estimate of drug-likeness (QED) is 0.717. The summed E-state index contributed by atoms with van der Waals surface area (Å²) in [4.78, 5) is 0. The molecule has 1 rings (SSSR count). The molecule has 0 aliphatic rings. The highest BCUT2D eigenvalue weighted by Crippen LogP contribution is 2.26. The lowest BCUT2D eigenvalue weighted by atomic mass is 10.2. The highest BCUT2D eigenvalue weighted by Gasteiger charge is 2.22. The molecule has 0 amide bonds. The molecule has 1 unspecified atom stereocenters. The van der Waals surface area contributed by atoms with Gasteiger partial charge in [0, 0.05) is 6.54 Å². The molecule has 0 radical (unpaired) electrons. The van der Waals surface area contributed by atoms with Gasteiger partial charge in [-0.15, -0.1) is 0 Å². The first-order valence-corrected chi connectivity index (χ1v) is 7.58. The van der Waals surface area contributed by atoms with Gasteiger partial charge in [0.1, 0.15) is 0 Å². The predicted octanol–water partition coefficient (Wildman–Crippen LogP) is 2.77. The lowest BCUT2D eigenvalue weighted by Gasteiger charge is -2.22. The highest BCUT2D eigenvalue weighted by atomic mass is 16.5. The van der Waals surface area contributed by atoms with Crippen molar-refractivity contribution in [1.29, 1.82) is 0 Å². The number of hydrogen-bond acceptors (Lipinski definition) is 4. The number of nitrogens with zero attached hydrogens (tertiary/aromatic N) is 2. The minimum absolute atomic E-state index is 0.112. The summed E-state index contributed by atoms with van der Waals surface area (Å²) in [7, 11) is 1.69. The van der Waals surface area contributed by atoms with Crippen LogP contribution in [0.2, 0.25) is 0 Å². The number of methoxy groups -OCH3 is 1. The minimum atomic E-state index is 0.112. The first kappa shape index (κ1) is 17.0. The van der Waals surface area contributed by atoms with Gasteiger partial charge in [-0.25, -0.2) is 0 Å². The van der Waals surface area contributed by atoms with Gasteiger partial charge in [-0.3, -0.25) is 4.68 Å². The van der Waals surface area contributed by atoms with Crippen molar-refractivity contribution >= 4 is 0 Å². The summed E-state index contributed by atoms with van der Waals surface area (Å²) in [5.41, 5.74) is 1.09. The van der Waals surface area contributed by atoms with Gasteiger partial charge >= 0.3 is 0 Å². The zero-order chi connectivity index (χ0) is 15.0. The number of aryl methyl sites for hydroxylation is 1. The molecular formula is C15H29N3O2. The van der Waals surface area contributed by atoms with E-state index in [1.54, 1.807) is 13.3 Å². The maximum absolute atomic E-state index is 5.80. The molecule has 1 N–H and O–H groups in total. The standard InChI is InChI=1S/C15H29N3O2/c1-6-8-16-13(11-20-12(3)4)15-14(19-5)10-17-18(15)9-7-2/h10,12-13,16H,6-9,11H2,1-5H3. The van der Waals surface area contributed by atoms with Gasteiger partial charge in [0.05, 0.1) is 37.8 Å². The molecule has 0 aliphatic heterocycles. The molecule has 0 aliphatic carbocycles. The molecule has 116 valence electrons. The second kappa shape index (κ2) is 8.97. The van der Waals surface area contributed by atoms with Gasteiger partial charge in [0.2, 0.25) is 0 Å². The number of hydrogen-bond donors (Lipinski definition) is 1. The number of nitrogens with one attached hydrogen (secondary N) is 1. The Labute approximate surface area is 122 Å². The van der Waals surface area contributed by atoms with Crippen molar-refractivity contribution in [3.05, 3.63) is 11.9 Å². The van der Waals surface area contributed by atoms with Gasteiger partial charge in [0.25, 0.3) is 0 Å². The molecule has 5 nitrogen and oxygen atoms in total. The van der Waals surface area contributed by atoms with E-state index in [2.05, 4.69) is 38.1 Å². The topological polar surface area (TPSA) is 48.3 Å². The first-order valence-electron chi connectivity index (χ1n) is 7.58. The third kappa shape index (κ3) is 4.80. The fourth-order valence-corrected chi connectivity index (χ4v) is 2.12. The average molecular weight is 283 g/mol. The summed E-state index contributed by atoms with van der Waals surface area (Å²) >= 11 is 0. The van der Waals surface area contributed by atoms with Crippen LogP contribution in [0.4, 0.5) is 0 Å². The van der Waals surface area contributed by atoms with E-state index in [0.717, 1.165) is 37.4 Å². The van der Waals surface area contributed by atoms with Crippen molar-refractivity contribution in [2.75, 3.05) is 20.3 Å². The van der Waals surface area contributed by atoms with Crippen LogP contribution in [0.1, 0.15) is 52.3 Å². The summed E-state index contributed by atoms with van der Waals surface area (Å²) in [6, 6.07) is 0.112. The molecular weight excluding hydrogens is 254 g/mol. The maximum atomic E-state index is 5.80. The smallest absolute Gasteiger partial charge is 0.161 e. The summed E-state index contributed by atoms with van der Waals surface area (Å²) in [5, 5.41) is 7.96. The molecule has 1 aromatic rings. The predicted molar refractivity (Wildman–Crippen MR) is 81.2 cm³/mol. The Kier molecular flexibility index (Phi) is 7.62. The van der Waals surface area contributed by atoms with E-state index in [9.17, 15) is 0 Å². The lowest BCUT2D eigenvalue weighted by Crippen LogP contribution is -2.30. The van der Waals surface area contributed by atoms with Crippen LogP contribution >= 0.6 is 0 Å². The van der Waals surface area contributed by atoms with Gasteiger partial charge in [-0.2, -0.15) is 5.10 Å². The van der Waals surface area contributed by atoms with Gasteiger partial charge in [-0.05, 0) is 33.2 Å². The molecule has 20 heavy (non-hydrogen) atoms. The second-order valence-electron chi connectivity index (χ2n) is 5.21. The molecule has 0 fully saturated rings. The van der Waals surface area contributed by atoms with Crippen LogP contribution < -0.4 is 10.1 Å². The average Bonchev–Trinajstić information content (AvgIpc) is 2.82. The van der Waals surface area contributed by atoms with Crippen LogP contribution in [0.3, 0.4) is 0 Å². The Bertz CT molecular complexity index is 377. The van der Waals surface area contributed by atoms with Crippen LogP contribution in [0.5, 0.6) is 5.75 Å². The number of aromatic nitrogens is 2. The first-order chi connectivity index (χ1) is 9.63. The molecule has 0 aromatic carbocycles. The van der Waals surface area contributed by atoms with Gasteiger partial charge in [0.15, 0.2) is 5.75 Å². The van der Waals surface area contributed by atoms with E-state index in [1.807, 2.05) is 4.68 Å². The van der Waals surface area contributed by atoms with Crippen molar-refractivity contribution in [1.82, 2.24) is 15.1 Å². The van der Waals surface area contributed by atoms with Crippen molar-refractivity contribution in [2.24, 2.45) is 0 Å². The van der Waals surface area contributed by atoms with E-state index in [4.69, 9.17) is 9.47 Å². The van der Waals surface area contributed by atoms with Crippen LogP contribution in [-0.4, -0.2) is 36.1 Å². The van der Waals surface area contributed by atoms with Gasteiger partial charge < -0.3 is 14.8 Å². The van der Waals surface area contributed by atoms with Gasteiger partial charge in [-0.1, -0.05) is 13.8 Å². The van der Waals surface area contributed by atoms with E-state index >= 15 is 0 Å². The Morgan fingerprint density at radius 2 is 2.05 bits per heavy atom. The zero-order valence-corrected chi connectivity index (χ0v) is 13.5. The Hall–Kier alpha value is -1.07. The van der Waals surface area contributed by atoms with E-state index in [0.29, 0.717) is 6.61 Å². The molecule has 0 spiro atoms. The third-order valence-electron chi connectivity index (χ3n) is 3.07. The monoisotopic (exact) mass is 283 g/mol. The molecule has 0 saturated carbocycles. The normalized spacial score (nSPS) is 12.9. The lowest BCUT2D eigenvalue weighted by molar-refractivity contribution is 0.0588. The molecule has 0 bridgehead atoms. The Morgan fingerprint density at radius 1 is 1.30 bits per heavy atom.